The molecule has 2 saturated heterocycles. The third-order valence-corrected chi connectivity index (χ3v) is 4.93. The zero-order valence-corrected chi connectivity index (χ0v) is 16.0. The Balaban J connectivity index is 1.42. The number of nitrogens with one attached hydrogen (secondary N) is 3. The molecule has 1 aromatic carbocycles. The highest BCUT2D eigenvalue weighted by atomic mass is 16.5. The summed E-state index contributed by atoms with van der Waals surface area (Å²) < 4.78 is 5.36. The topological polar surface area (TPSA) is 82.7 Å². The number of nitrogens with zero attached hydrogens (tertiary/aromatic N) is 1. The van der Waals surface area contributed by atoms with E-state index in [0.717, 1.165) is 31.0 Å². The number of carbonyl (C=O) groups is 2. The zero-order valence-electron chi connectivity index (χ0n) is 16.0. The van der Waals surface area contributed by atoms with Gasteiger partial charge in [-0.15, -0.1) is 0 Å². The van der Waals surface area contributed by atoms with E-state index < -0.39 is 0 Å². The van der Waals surface area contributed by atoms with E-state index in [4.69, 9.17) is 4.74 Å². The van der Waals surface area contributed by atoms with E-state index in [1.165, 1.54) is 12.8 Å². The van der Waals surface area contributed by atoms with Crippen LogP contribution in [0.3, 0.4) is 0 Å². The summed E-state index contributed by atoms with van der Waals surface area (Å²) in [6.07, 6.45) is 3.05. The van der Waals surface area contributed by atoms with Crippen LogP contribution in [0.25, 0.3) is 0 Å². The summed E-state index contributed by atoms with van der Waals surface area (Å²) in [5.41, 5.74) is 1.94. The van der Waals surface area contributed by atoms with E-state index in [9.17, 15) is 9.59 Å². The number of hydrogen-bond donors (Lipinski definition) is 3. The number of rotatable bonds is 7. The molecule has 27 heavy (non-hydrogen) atoms. The van der Waals surface area contributed by atoms with Crippen molar-refractivity contribution < 1.29 is 14.3 Å². The molecule has 3 N–H and O–H groups in total. The van der Waals surface area contributed by atoms with E-state index >= 15 is 0 Å². The van der Waals surface area contributed by atoms with Crippen molar-refractivity contribution >= 4 is 23.2 Å². The number of benzene rings is 1. The van der Waals surface area contributed by atoms with Crippen LogP contribution in [0.15, 0.2) is 24.3 Å². The van der Waals surface area contributed by atoms with Crippen LogP contribution in [-0.2, 0) is 14.3 Å². The number of hydrogen-bond acceptors (Lipinski definition) is 5. The third kappa shape index (κ3) is 6.22. The van der Waals surface area contributed by atoms with Crippen LogP contribution < -0.4 is 20.9 Å². The Bertz CT molecular complexity index is 640. The van der Waals surface area contributed by atoms with E-state index in [2.05, 4.69) is 26.9 Å². The van der Waals surface area contributed by atoms with Crippen LogP contribution >= 0.6 is 0 Å². The van der Waals surface area contributed by atoms with Crippen molar-refractivity contribution in [2.24, 2.45) is 0 Å². The largest absolute Gasteiger partial charge is 0.378 e. The molecular weight excluding hydrogens is 344 g/mol. The number of ether oxygens (including phenoxy) is 1. The van der Waals surface area contributed by atoms with Crippen molar-refractivity contribution in [3.63, 3.8) is 0 Å². The van der Waals surface area contributed by atoms with Crippen LogP contribution in [-0.4, -0.2) is 56.7 Å². The molecule has 0 aliphatic carbocycles. The molecule has 2 heterocycles. The minimum Gasteiger partial charge on any atom is -0.378 e. The summed E-state index contributed by atoms with van der Waals surface area (Å²) >= 11 is 0. The van der Waals surface area contributed by atoms with Gasteiger partial charge in [0, 0.05) is 55.9 Å². The maximum absolute atomic E-state index is 12.3. The standard InChI is InChI=1S/C20H30N4O3/c1-15(22-20(26)13-17-14-27-10-7-21-17)11-19(25)23-16-5-4-6-18(12-16)24-8-2-3-9-24/h4-6,12,15,17,21H,2-3,7-11,13-14H2,1H3,(H,22,26)(H,23,25). The van der Waals surface area contributed by atoms with Crippen molar-refractivity contribution in [3.8, 4) is 0 Å². The molecule has 2 amide bonds. The average molecular weight is 374 g/mol. The molecule has 0 saturated carbocycles. The summed E-state index contributed by atoms with van der Waals surface area (Å²) in [7, 11) is 0. The fourth-order valence-corrected chi connectivity index (χ4v) is 3.61. The molecule has 1 aromatic rings. The molecule has 148 valence electrons. The van der Waals surface area contributed by atoms with Crippen LogP contribution in [0.1, 0.15) is 32.6 Å². The first kappa shape index (κ1) is 19.6. The highest BCUT2D eigenvalue weighted by molar-refractivity contribution is 5.92. The van der Waals surface area contributed by atoms with Gasteiger partial charge in [-0.05, 0) is 38.0 Å². The van der Waals surface area contributed by atoms with Crippen LogP contribution in [0.4, 0.5) is 11.4 Å². The van der Waals surface area contributed by atoms with Gasteiger partial charge in [0.15, 0.2) is 0 Å². The SMILES string of the molecule is CC(CC(=O)Nc1cccc(N2CCCC2)c1)NC(=O)CC1COCCN1. The maximum atomic E-state index is 12.3. The molecular formula is C20H30N4O3. The van der Waals surface area contributed by atoms with E-state index in [1.807, 2.05) is 25.1 Å². The number of morpholine rings is 1. The predicted molar refractivity (Wildman–Crippen MR) is 106 cm³/mol. The van der Waals surface area contributed by atoms with Gasteiger partial charge >= 0.3 is 0 Å². The maximum Gasteiger partial charge on any atom is 0.226 e. The second-order valence-corrected chi connectivity index (χ2v) is 7.40. The predicted octanol–water partition coefficient (Wildman–Crippen LogP) is 1.50. The molecule has 0 aromatic heterocycles. The van der Waals surface area contributed by atoms with Gasteiger partial charge in [0.2, 0.25) is 11.8 Å². The second kappa shape index (κ2) is 9.71. The van der Waals surface area contributed by atoms with Gasteiger partial charge in [0.25, 0.3) is 0 Å². The zero-order chi connectivity index (χ0) is 19.1. The Morgan fingerprint density at radius 2 is 2.11 bits per heavy atom. The smallest absolute Gasteiger partial charge is 0.226 e. The molecule has 7 nitrogen and oxygen atoms in total. The Kier molecular flexibility index (Phi) is 7.06. The van der Waals surface area contributed by atoms with Gasteiger partial charge in [-0.2, -0.15) is 0 Å². The van der Waals surface area contributed by atoms with Crippen molar-refractivity contribution in [1.82, 2.24) is 10.6 Å². The molecule has 0 radical (unpaired) electrons. The van der Waals surface area contributed by atoms with Crippen molar-refractivity contribution in [3.05, 3.63) is 24.3 Å². The fraction of sp³-hybridized carbons (Fsp3) is 0.600. The average Bonchev–Trinajstić information content (AvgIpc) is 3.17. The molecule has 2 unspecified atom stereocenters. The van der Waals surface area contributed by atoms with Gasteiger partial charge in [-0.1, -0.05) is 6.07 Å². The number of amides is 2. The van der Waals surface area contributed by atoms with Crippen LogP contribution in [0.5, 0.6) is 0 Å². The van der Waals surface area contributed by atoms with Gasteiger partial charge in [0.05, 0.1) is 13.2 Å². The first-order valence-corrected chi connectivity index (χ1v) is 9.85. The summed E-state index contributed by atoms with van der Waals surface area (Å²) in [5, 5.41) is 9.09. The Hall–Kier alpha value is -2.12. The highest BCUT2D eigenvalue weighted by Crippen LogP contribution is 2.23. The molecule has 7 heteroatoms. The van der Waals surface area contributed by atoms with E-state index in [-0.39, 0.29) is 30.3 Å². The number of carbonyl (C=O) groups excluding carboxylic acids is 2. The normalized spacial score (nSPS) is 20.9. The minimum atomic E-state index is -0.219. The van der Waals surface area contributed by atoms with Crippen molar-refractivity contribution in [2.75, 3.05) is 43.1 Å². The number of anilines is 2. The van der Waals surface area contributed by atoms with Gasteiger partial charge < -0.3 is 25.6 Å². The molecule has 0 spiro atoms. The highest BCUT2D eigenvalue weighted by Gasteiger charge is 2.19. The molecule has 2 atom stereocenters. The van der Waals surface area contributed by atoms with Gasteiger partial charge in [-0.3, -0.25) is 9.59 Å². The minimum absolute atomic E-state index is 0.0492. The lowest BCUT2D eigenvalue weighted by atomic mass is 10.1. The summed E-state index contributed by atoms with van der Waals surface area (Å²) in [4.78, 5) is 26.8. The van der Waals surface area contributed by atoms with E-state index in [0.29, 0.717) is 19.6 Å². The first-order valence-electron chi connectivity index (χ1n) is 9.85. The Morgan fingerprint density at radius 1 is 1.30 bits per heavy atom. The lowest BCUT2D eigenvalue weighted by Crippen LogP contribution is -2.45. The Morgan fingerprint density at radius 3 is 2.85 bits per heavy atom. The third-order valence-electron chi connectivity index (χ3n) is 4.93. The summed E-state index contributed by atoms with van der Waals surface area (Å²) in [6.45, 7) is 6.00. The fourth-order valence-electron chi connectivity index (χ4n) is 3.61. The summed E-state index contributed by atoms with van der Waals surface area (Å²) in [6, 6.07) is 7.79. The van der Waals surface area contributed by atoms with E-state index in [1.54, 1.807) is 0 Å². The monoisotopic (exact) mass is 374 g/mol. The summed E-state index contributed by atoms with van der Waals surface area (Å²) in [5.74, 6) is -0.158. The van der Waals surface area contributed by atoms with Gasteiger partial charge in [0.1, 0.15) is 0 Å². The molecule has 0 bridgehead atoms. The molecule has 2 fully saturated rings. The quantitative estimate of drug-likeness (QED) is 0.674. The van der Waals surface area contributed by atoms with Crippen molar-refractivity contribution in [2.45, 2.75) is 44.7 Å². The molecule has 2 aliphatic heterocycles. The molecule has 2 aliphatic rings. The van der Waals surface area contributed by atoms with Gasteiger partial charge in [-0.25, -0.2) is 0 Å². The molecule has 3 rings (SSSR count). The van der Waals surface area contributed by atoms with Crippen LogP contribution in [0, 0.1) is 0 Å². The lowest BCUT2D eigenvalue weighted by Gasteiger charge is -2.24. The lowest BCUT2D eigenvalue weighted by molar-refractivity contribution is -0.123. The first-order chi connectivity index (χ1) is 13.1. The van der Waals surface area contributed by atoms with Crippen LogP contribution in [0.2, 0.25) is 0 Å². The Labute approximate surface area is 160 Å². The van der Waals surface area contributed by atoms with Crippen molar-refractivity contribution in [1.29, 1.82) is 0 Å². The second-order valence-electron chi connectivity index (χ2n) is 7.40.